The Labute approximate surface area is 66.1 Å². The van der Waals surface area contributed by atoms with Crippen molar-refractivity contribution in [3.63, 3.8) is 0 Å². The van der Waals surface area contributed by atoms with E-state index in [0.717, 1.165) is 5.84 Å². The molecule has 0 fully saturated rings. The maximum Gasteiger partial charge on any atom is 0.143 e. The summed E-state index contributed by atoms with van der Waals surface area (Å²) in [6.45, 7) is 4.90. The quantitative estimate of drug-likeness (QED) is 0.557. The fourth-order valence-corrected chi connectivity index (χ4v) is 1.18. The van der Waals surface area contributed by atoms with Crippen molar-refractivity contribution in [1.82, 2.24) is 10.4 Å². The summed E-state index contributed by atoms with van der Waals surface area (Å²) in [7, 11) is 0. The van der Waals surface area contributed by atoms with Crippen LogP contribution in [0.5, 0.6) is 0 Å². The Kier molecular flexibility index (Phi) is 1.32. The van der Waals surface area contributed by atoms with Gasteiger partial charge in [-0.2, -0.15) is 0 Å². The van der Waals surface area contributed by atoms with Crippen LogP contribution in [0, 0.1) is 0 Å². The Hall–Kier alpha value is -1.09. The van der Waals surface area contributed by atoms with Crippen molar-refractivity contribution in [2.24, 2.45) is 4.99 Å². The third-order valence-corrected chi connectivity index (χ3v) is 2.02. The van der Waals surface area contributed by atoms with Gasteiger partial charge in [-0.1, -0.05) is 0 Å². The normalized spacial score (nSPS) is 22.4. The van der Waals surface area contributed by atoms with Gasteiger partial charge in [-0.05, 0) is 31.1 Å². The molecule has 0 amide bonds. The molecule has 0 aromatic carbocycles. The number of hydrogen-bond acceptors (Lipinski definition) is 3. The summed E-state index contributed by atoms with van der Waals surface area (Å²) in [5.74, 6) is 1.02. The highest BCUT2D eigenvalue weighted by molar-refractivity contribution is 5.96. The number of nitrogens with zero attached hydrogens (tertiary/aromatic N) is 2. The molecular formula is C8H11N3. The van der Waals surface area contributed by atoms with Crippen LogP contribution in [0.2, 0.25) is 0 Å². The van der Waals surface area contributed by atoms with Crippen molar-refractivity contribution < 1.29 is 0 Å². The number of nitrogens with one attached hydrogen (secondary N) is 1. The first kappa shape index (κ1) is 6.61. The second kappa shape index (κ2) is 2.20. The zero-order valence-corrected chi connectivity index (χ0v) is 6.76. The van der Waals surface area contributed by atoms with E-state index in [1.807, 2.05) is 5.01 Å². The van der Waals surface area contributed by atoms with E-state index in [0.29, 0.717) is 6.67 Å². The van der Waals surface area contributed by atoms with Gasteiger partial charge in [-0.15, -0.1) is 0 Å². The average molecular weight is 149 g/mol. The van der Waals surface area contributed by atoms with Gasteiger partial charge in [-0.3, -0.25) is 5.01 Å². The number of hydrazine groups is 1. The summed E-state index contributed by atoms with van der Waals surface area (Å²) in [5.41, 5.74) is 5.70. The van der Waals surface area contributed by atoms with Gasteiger partial charge in [0.05, 0.1) is 0 Å². The van der Waals surface area contributed by atoms with E-state index in [9.17, 15) is 0 Å². The van der Waals surface area contributed by atoms with Crippen LogP contribution >= 0.6 is 0 Å². The van der Waals surface area contributed by atoms with Gasteiger partial charge in [0.15, 0.2) is 0 Å². The maximum atomic E-state index is 4.25. The summed E-state index contributed by atoms with van der Waals surface area (Å²) >= 11 is 0. The van der Waals surface area contributed by atoms with E-state index in [-0.39, 0.29) is 0 Å². The summed E-state index contributed by atoms with van der Waals surface area (Å²) < 4.78 is 0. The lowest BCUT2D eigenvalue weighted by Crippen LogP contribution is -2.33. The Morgan fingerprint density at radius 2 is 2.27 bits per heavy atom. The molecule has 0 bridgehead atoms. The second-order valence-electron chi connectivity index (χ2n) is 2.84. The van der Waals surface area contributed by atoms with Gasteiger partial charge in [0.1, 0.15) is 12.5 Å². The van der Waals surface area contributed by atoms with Gasteiger partial charge in [0.25, 0.3) is 0 Å². The molecule has 11 heavy (non-hydrogen) atoms. The fraction of sp³-hybridized carbons (Fsp3) is 0.375. The Bertz CT molecular complexity index is 273. The molecule has 58 valence electrons. The number of allylic oxidation sites excluding steroid dienone is 2. The molecule has 0 spiro atoms. The van der Waals surface area contributed by atoms with Crippen LogP contribution in [0.3, 0.4) is 0 Å². The number of amidine groups is 1. The maximum absolute atomic E-state index is 4.25. The van der Waals surface area contributed by atoms with Crippen molar-refractivity contribution in [2.45, 2.75) is 13.8 Å². The van der Waals surface area contributed by atoms with Crippen molar-refractivity contribution in [1.29, 1.82) is 0 Å². The van der Waals surface area contributed by atoms with Gasteiger partial charge in [0.2, 0.25) is 0 Å². The SMILES string of the molecule is CC1=CC2=NCNN2C=C1C. The van der Waals surface area contributed by atoms with Crippen LogP contribution in [0.4, 0.5) is 0 Å². The van der Waals surface area contributed by atoms with E-state index in [2.05, 4.69) is 36.5 Å². The van der Waals surface area contributed by atoms with Crippen LogP contribution in [-0.4, -0.2) is 17.5 Å². The molecular weight excluding hydrogens is 138 g/mol. The number of aliphatic imine (C=N–C) groups is 1. The van der Waals surface area contributed by atoms with Crippen LogP contribution in [0.1, 0.15) is 13.8 Å². The first-order valence-electron chi connectivity index (χ1n) is 3.71. The highest BCUT2D eigenvalue weighted by Gasteiger charge is 2.16. The Morgan fingerprint density at radius 1 is 1.45 bits per heavy atom. The number of hydrogen-bond donors (Lipinski definition) is 1. The molecule has 2 rings (SSSR count). The molecule has 0 aliphatic carbocycles. The zero-order valence-electron chi connectivity index (χ0n) is 6.76. The van der Waals surface area contributed by atoms with Gasteiger partial charge in [-0.25, -0.2) is 10.4 Å². The minimum atomic E-state index is 0.697. The molecule has 0 radical (unpaired) electrons. The highest BCUT2D eigenvalue weighted by Crippen LogP contribution is 2.16. The molecule has 0 aromatic rings. The van der Waals surface area contributed by atoms with Crippen LogP contribution in [0.25, 0.3) is 0 Å². The summed E-state index contributed by atoms with van der Waals surface area (Å²) in [6, 6.07) is 0. The Morgan fingerprint density at radius 3 is 3.09 bits per heavy atom. The largest absolute Gasteiger partial charge is 0.265 e. The zero-order chi connectivity index (χ0) is 7.84. The third-order valence-electron chi connectivity index (χ3n) is 2.02. The first-order chi connectivity index (χ1) is 5.27. The average Bonchev–Trinajstić information content (AvgIpc) is 2.36. The van der Waals surface area contributed by atoms with E-state index >= 15 is 0 Å². The molecule has 3 nitrogen and oxygen atoms in total. The van der Waals surface area contributed by atoms with Crippen molar-refractivity contribution >= 4 is 5.84 Å². The number of fused-ring (bicyclic) bond motifs is 1. The lowest BCUT2D eigenvalue weighted by molar-refractivity contribution is 0.448. The molecule has 0 saturated carbocycles. The predicted octanol–water partition coefficient (Wildman–Crippen LogP) is 1.03. The minimum Gasteiger partial charge on any atom is -0.265 e. The van der Waals surface area contributed by atoms with Gasteiger partial charge >= 0.3 is 0 Å². The van der Waals surface area contributed by atoms with Crippen LogP contribution in [0.15, 0.2) is 28.4 Å². The minimum absolute atomic E-state index is 0.697. The van der Waals surface area contributed by atoms with Crippen LogP contribution < -0.4 is 5.43 Å². The smallest absolute Gasteiger partial charge is 0.143 e. The van der Waals surface area contributed by atoms with E-state index in [1.165, 1.54) is 11.1 Å². The number of rotatable bonds is 0. The van der Waals surface area contributed by atoms with E-state index < -0.39 is 0 Å². The van der Waals surface area contributed by atoms with Crippen molar-refractivity contribution in [2.75, 3.05) is 6.67 Å². The summed E-state index contributed by atoms with van der Waals surface area (Å²) in [5, 5.41) is 1.96. The predicted molar refractivity (Wildman–Crippen MR) is 44.8 cm³/mol. The fourth-order valence-electron chi connectivity index (χ4n) is 1.18. The van der Waals surface area contributed by atoms with Gasteiger partial charge in [0, 0.05) is 6.20 Å². The second-order valence-corrected chi connectivity index (χ2v) is 2.84. The lowest BCUT2D eigenvalue weighted by Gasteiger charge is -2.19. The molecule has 3 heteroatoms. The molecule has 1 N–H and O–H groups in total. The van der Waals surface area contributed by atoms with Crippen molar-refractivity contribution in [3.05, 3.63) is 23.4 Å². The monoisotopic (exact) mass is 149 g/mol. The molecule has 2 heterocycles. The molecule has 0 aromatic heterocycles. The summed E-state index contributed by atoms with van der Waals surface area (Å²) in [6.07, 6.45) is 4.16. The standard InChI is InChI=1S/C8H11N3/c1-6-3-8-9-5-10-11(8)4-7(6)2/h3-4,10H,5H2,1-2H3. The van der Waals surface area contributed by atoms with E-state index in [4.69, 9.17) is 0 Å². The third kappa shape index (κ3) is 0.973. The van der Waals surface area contributed by atoms with Gasteiger partial charge < -0.3 is 0 Å². The molecule has 0 atom stereocenters. The van der Waals surface area contributed by atoms with Crippen LogP contribution in [-0.2, 0) is 0 Å². The molecule has 2 aliphatic rings. The lowest BCUT2D eigenvalue weighted by atomic mass is 10.1. The topological polar surface area (TPSA) is 27.6 Å². The first-order valence-corrected chi connectivity index (χ1v) is 3.71. The summed E-state index contributed by atoms with van der Waals surface area (Å²) in [4.78, 5) is 4.25. The van der Waals surface area contributed by atoms with E-state index in [1.54, 1.807) is 0 Å². The Balaban J connectivity index is 2.37. The molecule has 0 saturated heterocycles. The van der Waals surface area contributed by atoms with Crippen molar-refractivity contribution in [3.8, 4) is 0 Å². The highest BCUT2D eigenvalue weighted by atomic mass is 15.6. The molecule has 0 unspecified atom stereocenters. The molecule has 2 aliphatic heterocycles.